The number of esters is 1. The number of halogens is 1. The van der Waals surface area contributed by atoms with Gasteiger partial charge in [0.2, 0.25) is 6.04 Å². The van der Waals surface area contributed by atoms with Crippen molar-refractivity contribution < 1.29 is 23.6 Å². The molecule has 1 saturated carbocycles. The molecular weight excluding hydrogens is 257 g/mol. The predicted molar refractivity (Wildman–Crippen MR) is 61.6 cm³/mol. The summed E-state index contributed by atoms with van der Waals surface area (Å²) in [4.78, 5) is 21.4. The molecule has 102 valence electrons. The van der Waals surface area contributed by atoms with Crippen molar-refractivity contribution in [3.8, 4) is 5.75 Å². The van der Waals surface area contributed by atoms with E-state index in [1.165, 1.54) is 19.2 Å². The Morgan fingerprint density at radius 1 is 1.58 bits per heavy atom. The first-order valence-corrected chi connectivity index (χ1v) is 5.65. The molecule has 0 spiro atoms. The average Bonchev–Trinajstić information content (AvgIpc) is 3.16. The summed E-state index contributed by atoms with van der Waals surface area (Å²) in [6.45, 7) is -0.110. The van der Waals surface area contributed by atoms with Gasteiger partial charge in [0.15, 0.2) is 11.6 Å². The van der Waals surface area contributed by atoms with Gasteiger partial charge in [-0.3, -0.25) is 14.9 Å². The fraction of sp³-hybridized carbons (Fsp3) is 0.417. The fourth-order valence-electron chi connectivity index (χ4n) is 1.73. The van der Waals surface area contributed by atoms with Crippen molar-refractivity contribution in [3.05, 3.63) is 39.7 Å². The van der Waals surface area contributed by atoms with Gasteiger partial charge >= 0.3 is 5.97 Å². The quantitative estimate of drug-likeness (QED) is 0.460. The molecule has 1 aliphatic rings. The molecule has 2 unspecified atom stereocenters. The first-order valence-electron chi connectivity index (χ1n) is 5.65. The molecule has 0 bridgehead atoms. The normalized spacial score (nSPS) is 20.7. The third kappa shape index (κ3) is 2.98. The van der Waals surface area contributed by atoms with E-state index >= 15 is 0 Å². The van der Waals surface area contributed by atoms with Crippen LogP contribution in [-0.4, -0.2) is 24.0 Å². The highest BCUT2D eigenvalue weighted by Gasteiger charge is 2.54. The van der Waals surface area contributed by atoms with Gasteiger partial charge in [-0.25, -0.2) is 4.39 Å². The summed E-state index contributed by atoms with van der Waals surface area (Å²) in [5.74, 6) is -1.73. The summed E-state index contributed by atoms with van der Waals surface area (Å²) in [5, 5.41) is 10.4. The van der Waals surface area contributed by atoms with Crippen molar-refractivity contribution in [2.75, 3.05) is 7.11 Å². The van der Waals surface area contributed by atoms with Gasteiger partial charge in [-0.2, -0.15) is 0 Å². The largest absolute Gasteiger partial charge is 0.494 e. The molecule has 0 saturated heterocycles. The zero-order valence-corrected chi connectivity index (χ0v) is 10.2. The summed E-state index contributed by atoms with van der Waals surface area (Å²) in [6.07, 6.45) is 0.211. The van der Waals surface area contributed by atoms with Gasteiger partial charge in [-0.15, -0.1) is 0 Å². The van der Waals surface area contributed by atoms with Crippen LogP contribution < -0.4 is 4.74 Å². The maximum Gasteiger partial charge on any atom is 0.316 e. The Morgan fingerprint density at radius 2 is 2.32 bits per heavy atom. The molecule has 0 N–H and O–H groups in total. The van der Waals surface area contributed by atoms with Crippen LogP contribution >= 0.6 is 0 Å². The van der Waals surface area contributed by atoms with Gasteiger partial charge in [-0.05, 0) is 17.7 Å². The van der Waals surface area contributed by atoms with Gasteiger partial charge in [0, 0.05) is 11.3 Å². The van der Waals surface area contributed by atoms with E-state index in [0.717, 1.165) is 0 Å². The van der Waals surface area contributed by atoms with E-state index < -0.39 is 28.7 Å². The molecule has 0 aromatic heterocycles. The Morgan fingerprint density at radius 3 is 2.84 bits per heavy atom. The van der Waals surface area contributed by atoms with Crippen LogP contribution in [0.5, 0.6) is 5.75 Å². The minimum absolute atomic E-state index is 0.102. The zero-order valence-electron chi connectivity index (χ0n) is 10.2. The second-order valence-electron chi connectivity index (χ2n) is 4.27. The van der Waals surface area contributed by atoms with Crippen LogP contribution in [0.1, 0.15) is 12.0 Å². The van der Waals surface area contributed by atoms with Gasteiger partial charge in [0.25, 0.3) is 0 Å². The molecule has 1 fully saturated rings. The monoisotopic (exact) mass is 269 g/mol. The molecule has 2 atom stereocenters. The number of hydrogen-bond donors (Lipinski definition) is 0. The van der Waals surface area contributed by atoms with E-state index in [4.69, 9.17) is 9.47 Å². The standard InChI is InChI=1S/C12H12FNO5/c1-18-11-3-2-7(4-9(11)13)6-19-12(15)8-5-10(8)14(16)17/h2-4,8,10H,5-6H2,1H3. The second-order valence-corrected chi connectivity index (χ2v) is 4.27. The van der Waals surface area contributed by atoms with Gasteiger partial charge in [0.1, 0.15) is 12.5 Å². The lowest BCUT2D eigenvalue weighted by Crippen LogP contribution is -2.13. The van der Waals surface area contributed by atoms with Crippen LogP contribution in [0.4, 0.5) is 4.39 Å². The lowest BCUT2D eigenvalue weighted by atomic mass is 10.2. The molecule has 19 heavy (non-hydrogen) atoms. The van der Waals surface area contributed by atoms with E-state index in [9.17, 15) is 19.3 Å². The van der Waals surface area contributed by atoms with Crippen LogP contribution in [-0.2, 0) is 16.1 Å². The molecule has 1 aromatic carbocycles. The Bertz CT molecular complexity index is 519. The molecule has 0 amide bonds. The number of nitrogens with zero attached hydrogens (tertiary/aromatic N) is 1. The van der Waals surface area contributed by atoms with Crippen LogP contribution in [0.3, 0.4) is 0 Å². The molecule has 2 rings (SSSR count). The van der Waals surface area contributed by atoms with Crippen molar-refractivity contribution in [2.24, 2.45) is 5.92 Å². The SMILES string of the molecule is COc1ccc(COC(=O)C2CC2[N+](=O)[O-])cc1F. The van der Waals surface area contributed by atoms with Crippen molar-refractivity contribution in [2.45, 2.75) is 19.1 Å². The molecule has 0 radical (unpaired) electrons. The van der Waals surface area contributed by atoms with E-state index in [2.05, 4.69) is 0 Å². The smallest absolute Gasteiger partial charge is 0.316 e. The van der Waals surface area contributed by atoms with Crippen LogP contribution in [0.2, 0.25) is 0 Å². The Hall–Kier alpha value is -2.18. The van der Waals surface area contributed by atoms with Gasteiger partial charge < -0.3 is 9.47 Å². The lowest BCUT2D eigenvalue weighted by Gasteiger charge is -2.06. The van der Waals surface area contributed by atoms with Crippen LogP contribution in [0.25, 0.3) is 0 Å². The van der Waals surface area contributed by atoms with Crippen LogP contribution in [0.15, 0.2) is 18.2 Å². The summed E-state index contributed by atoms with van der Waals surface area (Å²) in [7, 11) is 1.35. The van der Waals surface area contributed by atoms with Crippen molar-refractivity contribution in [1.29, 1.82) is 0 Å². The van der Waals surface area contributed by atoms with Gasteiger partial charge in [0.05, 0.1) is 7.11 Å². The van der Waals surface area contributed by atoms with Crippen molar-refractivity contribution in [1.82, 2.24) is 0 Å². The molecular formula is C12H12FNO5. The number of hydrogen-bond acceptors (Lipinski definition) is 5. The Balaban J connectivity index is 1.87. The van der Waals surface area contributed by atoms with E-state index in [1.807, 2.05) is 0 Å². The highest BCUT2D eigenvalue weighted by atomic mass is 19.1. The lowest BCUT2D eigenvalue weighted by molar-refractivity contribution is -0.497. The zero-order chi connectivity index (χ0) is 14.0. The number of rotatable bonds is 5. The number of nitro groups is 1. The number of carbonyl (C=O) groups excluding carboxylic acids is 1. The molecule has 7 heteroatoms. The minimum Gasteiger partial charge on any atom is -0.494 e. The summed E-state index contributed by atoms with van der Waals surface area (Å²) in [5.41, 5.74) is 0.463. The number of benzene rings is 1. The Labute approximate surface area is 108 Å². The molecule has 0 aliphatic heterocycles. The maximum atomic E-state index is 13.4. The third-order valence-corrected chi connectivity index (χ3v) is 2.93. The molecule has 1 aromatic rings. The first-order chi connectivity index (χ1) is 9.02. The number of carbonyl (C=O) groups is 1. The molecule has 0 heterocycles. The highest BCUT2D eigenvalue weighted by molar-refractivity contribution is 5.76. The average molecular weight is 269 g/mol. The first kappa shape index (κ1) is 13.3. The van der Waals surface area contributed by atoms with E-state index in [-0.39, 0.29) is 18.8 Å². The number of methoxy groups -OCH3 is 1. The minimum atomic E-state index is -0.833. The summed E-state index contributed by atoms with van der Waals surface area (Å²) in [6, 6.07) is 3.35. The summed E-state index contributed by atoms with van der Waals surface area (Å²) < 4.78 is 23.0. The maximum absolute atomic E-state index is 13.4. The molecule has 1 aliphatic carbocycles. The predicted octanol–water partition coefficient (Wildman–Crippen LogP) is 1.54. The Kier molecular flexibility index (Phi) is 3.64. The van der Waals surface area contributed by atoms with Crippen molar-refractivity contribution >= 4 is 5.97 Å². The molecule has 6 nitrogen and oxygen atoms in total. The van der Waals surface area contributed by atoms with Gasteiger partial charge in [-0.1, -0.05) is 6.07 Å². The number of ether oxygens (including phenoxy) is 2. The third-order valence-electron chi connectivity index (χ3n) is 2.93. The van der Waals surface area contributed by atoms with E-state index in [1.54, 1.807) is 6.07 Å². The van der Waals surface area contributed by atoms with Crippen molar-refractivity contribution in [3.63, 3.8) is 0 Å². The fourth-order valence-corrected chi connectivity index (χ4v) is 1.73. The van der Waals surface area contributed by atoms with Crippen LogP contribution in [0, 0.1) is 21.8 Å². The topological polar surface area (TPSA) is 78.7 Å². The highest BCUT2D eigenvalue weighted by Crippen LogP contribution is 2.34. The summed E-state index contributed by atoms with van der Waals surface area (Å²) >= 11 is 0. The second kappa shape index (κ2) is 5.21. The van der Waals surface area contributed by atoms with E-state index in [0.29, 0.717) is 5.56 Å².